The maximum atomic E-state index is 11.9. The Kier molecular flexibility index (Phi) is 4.82. The van der Waals surface area contributed by atoms with Gasteiger partial charge in [-0.25, -0.2) is 4.98 Å². The van der Waals surface area contributed by atoms with Gasteiger partial charge in [-0.05, 0) is 51.9 Å². The van der Waals surface area contributed by atoms with Crippen molar-refractivity contribution in [2.75, 3.05) is 37.4 Å². The van der Waals surface area contributed by atoms with Gasteiger partial charge in [0.2, 0.25) is 5.91 Å². The zero-order valence-electron chi connectivity index (χ0n) is 14.0. The van der Waals surface area contributed by atoms with E-state index in [1.807, 2.05) is 26.2 Å². The Balaban J connectivity index is 1.78. The molecule has 0 bridgehead atoms. The number of nitrogens with zero attached hydrogens (tertiary/aromatic N) is 3. The summed E-state index contributed by atoms with van der Waals surface area (Å²) in [6, 6.07) is 3.94. The zero-order valence-corrected chi connectivity index (χ0v) is 14.0. The van der Waals surface area contributed by atoms with Gasteiger partial charge in [-0.1, -0.05) is 0 Å². The standard InChI is InChI=1S/C17H26N4O2/c1-20(2)11-14-15(21-9-7-13(22)8-10-21)5-6-16(18-14)19-17(23)12-3-4-12/h5-6,12-13,22H,3-4,7-11H2,1-2H3,(H,18,19,23). The number of hydrogen-bond donors (Lipinski definition) is 2. The van der Waals surface area contributed by atoms with E-state index in [1.165, 1.54) is 0 Å². The van der Waals surface area contributed by atoms with E-state index in [9.17, 15) is 9.90 Å². The van der Waals surface area contributed by atoms with E-state index in [1.54, 1.807) is 0 Å². The molecule has 3 rings (SSSR count). The lowest BCUT2D eigenvalue weighted by Crippen LogP contribution is -2.36. The highest BCUT2D eigenvalue weighted by molar-refractivity contribution is 5.93. The monoisotopic (exact) mass is 318 g/mol. The highest BCUT2D eigenvalue weighted by Gasteiger charge is 2.30. The summed E-state index contributed by atoms with van der Waals surface area (Å²) < 4.78 is 0. The number of hydrogen-bond acceptors (Lipinski definition) is 5. The van der Waals surface area contributed by atoms with Crippen LogP contribution in [0, 0.1) is 5.92 Å². The van der Waals surface area contributed by atoms with Crippen molar-refractivity contribution in [2.45, 2.75) is 38.3 Å². The van der Waals surface area contributed by atoms with Crippen LogP contribution in [0.25, 0.3) is 0 Å². The Morgan fingerprint density at radius 3 is 2.61 bits per heavy atom. The molecule has 6 nitrogen and oxygen atoms in total. The number of carbonyl (C=O) groups excluding carboxylic acids is 1. The third-order valence-electron chi connectivity index (χ3n) is 4.42. The minimum absolute atomic E-state index is 0.0853. The van der Waals surface area contributed by atoms with Gasteiger partial charge in [0.15, 0.2) is 0 Å². The number of amides is 1. The molecule has 0 spiro atoms. The van der Waals surface area contributed by atoms with Crippen LogP contribution in [0.15, 0.2) is 12.1 Å². The fourth-order valence-corrected chi connectivity index (χ4v) is 2.95. The molecule has 126 valence electrons. The van der Waals surface area contributed by atoms with E-state index in [4.69, 9.17) is 0 Å². The second kappa shape index (κ2) is 6.84. The summed E-state index contributed by atoms with van der Waals surface area (Å²) in [5.74, 6) is 0.902. The van der Waals surface area contributed by atoms with Crippen LogP contribution in [0.1, 0.15) is 31.4 Å². The first-order valence-corrected chi connectivity index (χ1v) is 8.41. The van der Waals surface area contributed by atoms with E-state index in [0.717, 1.165) is 56.7 Å². The van der Waals surface area contributed by atoms with Crippen molar-refractivity contribution in [3.63, 3.8) is 0 Å². The molecule has 2 heterocycles. The molecule has 1 saturated carbocycles. The average Bonchev–Trinajstić information content (AvgIpc) is 3.33. The van der Waals surface area contributed by atoms with Crippen molar-refractivity contribution in [3.8, 4) is 0 Å². The molecule has 1 aromatic heterocycles. The van der Waals surface area contributed by atoms with Crippen LogP contribution in [0.2, 0.25) is 0 Å². The number of nitrogens with one attached hydrogen (secondary N) is 1. The van der Waals surface area contributed by atoms with Crippen LogP contribution in [0.4, 0.5) is 11.5 Å². The predicted octanol–water partition coefficient (Wildman–Crippen LogP) is 1.45. The molecule has 1 aliphatic carbocycles. The average molecular weight is 318 g/mol. The van der Waals surface area contributed by atoms with E-state index < -0.39 is 0 Å². The van der Waals surface area contributed by atoms with Crippen LogP contribution >= 0.6 is 0 Å². The summed E-state index contributed by atoms with van der Waals surface area (Å²) in [6.07, 6.45) is 3.38. The Bertz CT molecular complexity index is 564. The lowest BCUT2D eigenvalue weighted by Gasteiger charge is -2.33. The van der Waals surface area contributed by atoms with Crippen molar-refractivity contribution < 1.29 is 9.90 Å². The molecule has 6 heteroatoms. The van der Waals surface area contributed by atoms with Crippen LogP contribution in [0.3, 0.4) is 0 Å². The maximum Gasteiger partial charge on any atom is 0.228 e. The number of aromatic nitrogens is 1. The fraction of sp³-hybridized carbons (Fsp3) is 0.647. The Hall–Kier alpha value is -1.66. The van der Waals surface area contributed by atoms with Gasteiger partial charge in [-0.15, -0.1) is 0 Å². The molecular weight excluding hydrogens is 292 g/mol. The van der Waals surface area contributed by atoms with E-state index in [-0.39, 0.29) is 17.9 Å². The SMILES string of the molecule is CN(C)Cc1nc(NC(=O)C2CC2)ccc1N1CCC(O)CC1. The molecule has 0 atom stereocenters. The van der Waals surface area contributed by atoms with Gasteiger partial charge >= 0.3 is 0 Å². The van der Waals surface area contributed by atoms with Crippen molar-refractivity contribution in [2.24, 2.45) is 5.92 Å². The second-order valence-corrected chi connectivity index (χ2v) is 6.88. The van der Waals surface area contributed by atoms with Gasteiger partial charge in [-0.3, -0.25) is 4.79 Å². The second-order valence-electron chi connectivity index (χ2n) is 6.88. The molecule has 1 saturated heterocycles. The first kappa shape index (κ1) is 16.2. The first-order chi connectivity index (χ1) is 11.0. The summed E-state index contributed by atoms with van der Waals surface area (Å²) in [4.78, 5) is 21.0. The molecule has 2 aliphatic rings. The number of pyridine rings is 1. The largest absolute Gasteiger partial charge is 0.393 e. The van der Waals surface area contributed by atoms with Gasteiger partial charge in [0.1, 0.15) is 5.82 Å². The summed E-state index contributed by atoms with van der Waals surface area (Å²) in [5, 5.41) is 12.6. The topological polar surface area (TPSA) is 68.7 Å². The van der Waals surface area contributed by atoms with E-state index >= 15 is 0 Å². The van der Waals surface area contributed by atoms with E-state index in [2.05, 4.69) is 20.1 Å². The molecular formula is C17H26N4O2. The fourth-order valence-electron chi connectivity index (χ4n) is 2.95. The number of rotatable bonds is 5. The van der Waals surface area contributed by atoms with Gasteiger partial charge in [-0.2, -0.15) is 0 Å². The van der Waals surface area contributed by atoms with Gasteiger partial charge < -0.3 is 20.2 Å². The van der Waals surface area contributed by atoms with Crippen molar-refractivity contribution in [1.29, 1.82) is 0 Å². The van der Waals surface area contributed by atoms with Gasteiger partial charge in [0.05, 0.1) is 17.5 Å². The van der Waals surface area contributed by atoms with Gasteiger partial charge in [0.25, 0.3) is 0 Å². The normalized spacial score (nSPS) is 19.2. The van der Waals surface area contributed by atoms with Gasteiger partial charge in [0, 0.05) is 25.6 Å². The summed E-state index contributed by atoms with van der Waals surface area (Å²) in [7, 11) is 4.03. The Morgan fingerprint density at radius 1 is 1.30 bits per heavy atom. The summed E-state index contributed by atoms with van der Waals surface area (Å²) in [6.45, 7) is 2.41. The highest BCUT2D eigenvalue weighted by Crippen LogP contribution is 2.31. The van der Waals surface area contributed by atoms with Crippen molar-refractivity contribution in [1.82, 2.24) is 9.88 Å². The highest BCUT2D eigenvalue weighted by atomic mass is 16.3. The number of piperidine rings is 1. The quantitative estimate of drug-likeness (QED) is 0.860. The maximum absolute atomic E-state index is 11.9. The minimum Gasteiger partial charge on any atom is -0.393 e. The molecule has 0 aromatic carbocycles. The number of aliphatic hydroxyl groups is 1. The molecule has 1 aromatic rings. The Morgan fingerprint density at radius 2 is 2.00 bits per heavy atom. The minimum atomic E-state index is -0.186. The molecule has 2 N–H and O–H groups in total. The van der Waals surface area contributed by atoms with Crippen LogP contribution in [-0.2, 0) is 11.3 Å². The first-order valence-electron chi connectivity index (χ1n) is 8.41. The molecule has 0 radical (unpaired) electrons. The zero-order chi connectivity index (χ0) is 16.4. The molecule has 1 aliphatic heterocycles. The number of carbonyl (C=O) groups is 1. The van der Waals surface area contributed by atoms with Crippen LogP contribution in [0.5, 0.6) is 0 Å². The van der Waals surface area contributed by atoms with Crippen molar-refractivity contribution in [3.05, 3.63) is 17.8 Å². The summed E-state index contributed by atoms with van der Waals surface area (Å²) in [5.41, 5.74) is 2.08. The lowest BCUT2D eigenvalue weighted by atomic mass is 10.1. The smallest absolute Gasteiger partial charge is 0.228 e. The third-order valence-corrected chi connectivity index (χ3v) is 4.42. The molecule has 1 amide bonds. The lowest BCUT2D eigenvalue weighted by molar-refractivity contribution is -0.117. The third kappa shape index (κ3) is 4.20. The van der Waals surface area contributed by atoms with E-state index in [0.29, 0.717) is 5.82 Å². The molecule has 23 heavy (non-hydrogen) atoms. The number of anilines is 2. The molecule has 2 fully saturated rings. The summed E-state index contributed by atoms with van der Waals surface area (Å²) >= 11 is 0. The van der Waals surface area contributed by atoms with Crippen LogP contribution in [-0.4, -0.2) is 54.2 Å². The Labute approximate surface area is 137 Å². The van der Waals surface area contributed by atoms with Crippen molar-refractivity contribution >= 4 is 17.4 Å². The predicted molar refractivity (Wildman–Crippen MR) is 90.4 cm³/mol. The number of aliphatic hydroxyl groups excluding tert-OH is 1. The molecule has 0 unspecified atom stereocenters. The van der Waals surface area contributed by atoms with Crippen LogP contribution < -0.4 is 10.2 Å².